The van der Waals surface area contributed by atoms with Gasteiger partial charge in [-0.3, -0.25) is 14.4 Å². The highest BCUT2D eigenvalue weighted by Gasteiger charge is 2.48. The molecule has 3 aliphatic rings. The summed E-state index contributed by atoms with van der Waals surface area (Å²) in [5, 5.41) is 2.97. The number of piperidine rings is 1. The molecule has 2 saturated heterocycles. The number of rotatable bonds is 4. The number of benzene rings is 1. The van der Waals surface area contributed by atoms with Crippen molar-refractivity contribution >= 4 is 23.4 Å². The number of carbonyl (C=O) groups excluding carboxylic acids is 3. The fourth-order valence-corrected chi connectivity index (χ4v) is 4.46. The predicted octanol–water partition coefficient (Wildman–Crippen LogP) is 0.829. The van der Waals surface area contributed by atoms with E-state index in [4.69, 9.17) is 0 Å². The van der Waals surface area contributed by atoms with Crippen molar-refractivity contribution in [2.24, 2.45) is 17.8 Å². The second-order valence-corrected chi connectivity index (χ2v) is 7.80. The van der Waals surface area contributed by atoms with Gasteiger partial charge in [-0.2, -0.15) is 0 Å². The lowest BCUT2D eigenvalue weighted by Crippen LogP contribution is -3.14. The number of carbonyl (C=O) groups is 3. The molecular weight excluding hydrogens is 342 g/mol. The molecule has 27 heavy (non-hydrogen) atoms. The quantitative estimate of drug-likeness (QED) is 0.611. The minimum absolute atomic E-state index is 0.00852. The van der Waals surface area contributed by atoms with E-state index in [0.717, 1.165) is 31.6 Å². The molecule has 3 amide bonds. The van der Waals surface area contributed by atoms with Gasteiger partial charge < -0.3 is 10.2 Å². The molecule has 2 N–H and O–H groups in total. The van der Waals surface area contributed by atoms with Gasteiger partial charge in [-0.15, -0.1) is 0 Å². The summed E-state index contributed by atoms with van der Waals surface area (Å²) >= 11 is 0. The van der Waals surface area contributed by atoms with Crippen molar-refractivity contribution in [3.05, 3.63) is 42.5 Å². The van der Waals surface area contributed by atoms with Gasteiger partial charge in [-0.25, -0.2) is 4.90 Å². The first-order chi connectivity index (χ1) is 13.1. The Bertz CT molecular complexity index is 727. The Morgan fingerprint density at radius 1 is 1.00 bits per heavy atom. The van der Waals surface area contributed by atoms with Crippen LogP contribution in [0.3, 0.4) is 0 Å². The third-order valence-corrected chi connectivity index (χ3v) is 6.09. The number of hydrogen-bond donors (Lipinski definition) is 2. The van der Waals surface area contributed by atoms with Crippen molar-refractivity contribution in [3.63, 3.8) is 0 Å². The molecule has 6 heteroatoms. The van der Waals surface area contributed by atoms with E-state index in [1.165, 1.54) is 9.80 Å². The highest BCUT2D eigenvalue weighted by Crippen LogP contribution is 2.34. The molecule has 2 aliphatic heterocycles. The molecular formula is C21H26N3O3+. The number of fused-ring (bicyclic) bond motifs is 1. The van der Waals surface area contributed by atoms with Crippen LogP contribution < -0.4 is 10.2 Å². The second kappa shape index (κ2) is 7.64. The molecule has 0 spiro atoms. The zero-order valence-corrected chi connectivity index (χ0v) is 15.4. The summed E-state index contributed by atoms with van der Waals surface area (Å²) in [6, 6.07) is 9.50. The highest BCUT2D eigenvalue weighted by molar-refractivity contribution is 6.05. The molecule has 0 bridgehead atoms. The topological polar surface area (TPSA) is 70.9 Å². The Balaban J connectivity index is 1.29. The number of allylic oxidation sites excluding steroid dienone is 2. The molecule has 1 aromatic carbocycles. The molecule has 2 heterocycles. The minimum atomic E-state index is -0.156. The minimum Gasteiger partial charge on any atom is -0.326 e. The standard InChI is InChI=1S/C21H25N3O3/c25-19(22-16-6-2-1-3-7-16)15-10-12-23(13-11-15)14-24-20(26)17-8-4-5-9-18(17)21(24)27/h1-7,15,17-18H,8-14H2,(H,22,25)/p+1/t17-,18+. The fraction of sp³-hybridized carbons (Fsp3) is 0.476. The van der Waals surface area contributed by atoms with Gasteiger partial charge in [-0.1, -0.05) is 30.4 Å². The van der Waals surface area contributed by atoms with E-state index in [0.29, 0.717) is 19.5 Å². The smallest absolute Gasteiger partial charge is 0.237 e. The lowest BCUT2D eigenvalue weighted by atomic mass is 9.85. The van der Waals surface area contributed by atoms with Gasteiger partial charge in [0.1, 0.15) is 0 Å². The maximum absolute atomic E-state index is 12.6. The summed E-state index contributed by atoms with van der Waals surface area (Å²) in [6.07, 6.45) is 6.95. The van der Waals surface area contributed by atoms with Crippen molar-refractivity contribution in [1.29, 1.82) is 0 Å². The largest absolute Gasteiger partial charge is 0.326 e. The van der Waals surface area contributed by atoms with Crippen LogP contribution in [0, 0.1) is 17.8 Å². The number of likely N-dealkylation sites (tertiary alicyclic amines) is 2. The molecule has 6 nitrogen and oxygen atoms in total. The van der Waals surface area contributed by atoms with Crippen LogP contribution in [0.2, 0.25) is 0 Å². The summed E-state index contributed by atoms with van der Waals surface area (Å²) in [7, 11) is 0. The summed E-state index contributed by atoms with van der Waals surface area (Å²) in [4.78, 5) is 40.3. The van der Waals surface area contributed by atoms with Gasteiger partial charge in [-0.05, 0) is 25.0 Å². The predicted molar refractivity (Wildman–Crippen MR) is 101 cm³/mol. The maximum Gasteiger partial charge on any atom is 0.237 e. The number of para-hydroxylation sites is 1. The number of imide groups is 1. The lowest BCUT2D eigenvalue weighted by Gasteiger charge is -2.30. The molecule has 1 aliphatic carbocycles. The molecule has 4 rings (SSSR count). The number of nitrogens with zero attached hydrogens (tertiary/aromatic N) is 1. The van der Waals surface area contributed by atoms with E-state index in [1.807, 2.05) is 42.5 Å². The fourth-order valence-electron chi connectivity index (χ4n) is 4.46. The molecule has 2 fully saturated rings. The molecule has 0 unspecified atom stereocenters. The summed E-state index contributed by atoms with van der Waals surface area (Å²) < 4.78 is 0. The van der Waals surface area contributed by atoms with Gasteiger partial charge in [0, 0.05) is 24.4 Å². The van der Waals surface area contributed by atoms with Crippen molar-refractivity contribution < 1.29 is 19.3 Å². The van der Waals surface area contributed by atoms with Crippen LogP contribution in [0.4, 0.5) is 5.69 Å². The Kier molecular flexibility index (Phi) is 5.07. The first-order valence-corrected chi connectivity index (χ1v) is 9.83. The van der Waals surface area contributed by atoms with Crippen LogP contribution in [0.25, 0.3) is 0 Å². The monoisotopic (exact) mass is 368 g/mol. The van der Waals surface area contributed by atoms with E-state index in [1.54, 1.807) is 0 Å². The molecule has 0 aromatic heterocycles. The van der Waals surface area contributed by atoms with E-state index < -0.39 is 0 Å². The average molecular weight is 368 g/mol. The number of hydrogen-bond acceptors (Lipinski definition) is 3. The maximum atomic E-state index is 12.6. The number of amides is 3. The van der Waals surface area contributed by atoms with Gasteiger partial charge in [0.25, 0.3) is 0 Å². The normalized spacial score (nSPS) is 30.3. The molecule has 0 radical (unpaired) electrons. The second-order valence-electron chi connectivity index (χ2n) is 7.80. The van der Waals surface area contributed by atoms with Crippen molar-refractivity contribution in [3.8, 4) is 0 Å². The van der Waals surface area contributed by atoms with Crippen LogP contribution in [-0.2, 0) is 14.4 Å². The number of nitrogens with one attached hydrogen (secondary N) is 2. The molecule has 2 atom stereocenters. The van der Waals surface area contributed by atoms with E-state index in [-0.39, 0.29) is 35.5 Å². The van der Waals surface area contributed by atoms with Crippen molar-refractivity contribution in [2.45, 2.75) is 25.7 Å². The Hall–Kier alpha value is -2.47. The van der Waals surface area contributed by atoms with Crippen LogP contribution in [0.15, 0.2) is 42.5 Å². The van der Waals surface area contributed by atoms with Gasteiger partial charge >= 0.3 is 0 Å². The van der Waals surface area contributed by atoms with Gasteiger partial charge in [0.15, 0.2) is 6.67 Å². The van der Waals surface area contributed by atoms with E-state index in [9.17, 15) is 14.4 Å². The third kappa shape index (κ3) is 3.67. The van der Waals surface area contributed by atoms with Gasteiger partial charge in [0.2, 0.25) is 17.7 Å². The van der Waals surface area contributed by atoms with E-state index in [2.05, 4.69) is 5.32 Å². The zero-order valence-electron chi connectivity index (χ0n) is 15.4. The molecule has 142 valence electrons. The van der Waals surface area contributed by atoms with Crippen LogP contribution in [-0.4, -0.2) is 42.4 Å². The Morgan fingerprint density at radius 2 is 1.59 bits per heavy atom. The third-order valence-electron chi connectivity index (χ3n) is 6.09. The van der Waals surface area contributed by atoms with Crippen molar-refractivity contribution in [1.82, 2.24) is 4.90 Å². The SMILES string of the molecule is O=C(Nc1ccccc1)C1CC[NH+](CN2C(=O)[C@H]3CC=CC[C@H]3C2=O)CC1. The molecule has 0 saturated carbocycles. The van der Waals surface area contributed by atoms with E-state index >= 15 is 0 Å². The van der Waals surface area contributed by atoms with Crippen molar-refractivity contribution in [2.75, 3.05) is 25.1 Å². The molecule has 1 aromatic rings. The Labute approximate surface area is 159 Å². The summed E-state index contributed by atoms with van der Waals surface area (Å²) in [5.41, 5.74) is 0.821. The Morgan fingerprint density at radius 3 is 2.19 bits per heavy atom. The van der Waals surface area contributed by atoms with Crippen LogP contribution in [0.1, 0.15) is 25.7 Å². The number of quaternary nitrogens is 1. The van der Waals surface area contributed by atoms with Crippen LogP contribution in [0.5, 0.6) is 0 Å². The highest BCUT2D eigenvalue weighted by atomic mass is 16.2. The summed E-state index contributed by atoms with van der Waals surface area (Å²) in [5.74, 6) is -0.278. The number of anilines is 1. The zero-order chi connectivity index (χ0) is 18.8. The first kappa shape index (κ1) is 17.9. The summed E-state index contributed by atoms with van der Waals surface area (Å²) in [6.45, 7) is 2.05. The lowest BCUT2D eigenvalue weighted by molar-refractivity contribution is -0.913. The van der Waals surface area contributed by atoms with Gasteiger partial charge in [0.05, 0.1) is 24.9 Å². The first-order valence-electron chi connectivity index (χ1n) is 9.83. The average Bonchev–Trinajstić information content (AvgIpc) is 2.94. The van der Waals surface area contributed by atoms with Crippen LogP contribution >= 0.6 is 0 Å².